The highest BCUT2D eigenvalue weighted by atomic mass is 35.5. The number of halogens is 2. The van der Waals surface area contributed by atoms with Gasteiger partial charge in [0, 0.05) is 33.6 Å². The summed E-state index contributed by atoms with van der Waals surface area (Å²) in [5.41, 5.74) is 1.63. The lowest BCUT2D eigenvalue weighted by molar-refractivity contribution is -0.147. The first-order valence-electron chi connectivity index (χ1n) is 12.7. The minimum Gasteiger partial charge on any atom is -0.481 e. The van der Waals surface area contributed by atoms with E-state index in [1.165, 1.54) is 0 Å². The summed E-state index contributed by atoms with van der Waals surface area (Å²) >= 11 is 12.7. The fourth-order valence-corrected chi connectivity index (χ4v) is 6.53. The van der Waals surface area contributed by atoms with E-state index in [2.05, 4.69) is 23.5 Å². The number of benzene rings is 2. The first-order valence-corrected chi connectivity index (χ1v) is 13.4. The van der Waals surface area contributed by atoms with Crippen molar-refractivity contribution in [3.05, 3.63) is 99.8 Å². The van der Waals surface area contributed by atoms with Crippen LogP contribution in [0.25, 0.3) is 0 Å². The number of carboxylic acids is 1. The Morgan fingerprint density at radius 1 is 1.08 bits per heavy atom. The van der Waals surface area contributed by atoms with E-state index in [9.17, 15) is 14.7 Å². The zero-order chi connectivity index (χ0) is 26.2. The number of piperidine rings is 1. The first kappa shape index (κ1) is 25.7. The second-order valence-corrected chi connectivity index (χ2v) is 11.6. The predicted octanol–water partition coefficient (Wildman–Crippen LogP) is 6.63. The average molecular weight is 537 g/mol. The third kappa shape index (κ3) is 5.12. The van der Waals surface area contributed by atoms with Crippen LogP contribution in [0.4, 0.5) is 0 Å². The molecule has 1 saturated carbocycles. The topological polar surface area (TPSA) is 79.3 Å². The van der Waals surface area contributed by atoms with Crippen molar-refractivity contribution >= 4 is 35.1 Å². The third-order valence-electron chi connectivity index (χ3n) is 8.14. The molecule has 7 heteroatoms. The standard InChI is InChI=1S/C30H30Cl2N2O3/c1-29(18-27(35)36)16-24(19-5-4-6-23(32)15-19)25(34-28(29)37)17-30(20-8-9-20,26-7-2-3-14-33-26)21-10-12-22(31)13-11-21/h2-7,10-15,20,24-25H,8-9,16-18H2,1H3,(H,34,37)(H,35,36)/t24-,25+,29+,30+/m1/s1. The number of nitrogens with zero attached hydrogens (tertiary/aromatic N) is 1. The number of aromatic nitrogens is 1. The molecular formula is C30H30Cl2N2O3. The number of hydrogen-bond acceptors (Lipinski definition) is 3. The Morgan fingerprint density at radius 3 is 2.46 bits per heavy atom. The van der Waals surface area contributed by atoms with Gasteiger partial charge in [-0.1, -0.05) is 60.5 Å². The normalized spacial score (nSPS) is 25.2. The van der Waals surface area contributed by atoms with Crippen molar-refractivity contribution in [1.82, 2.24) is 10.3 Å². The molecule has 3 aromatic rings. The molecule has 0 radical (unpaired) electrons. The van der Waals surface area contributed by atoms with Crippen molar-refractivity contribution in [2.24, 2.45) is 11.3 Å². The molecular weight excluding hydrogens is 507 g/mol. The number of aliphatic carboxylic acids is 1. The summed E-state index contributed by atoms with van der Waals surface area (Å²) in [6.45, 7) is 1.75. The van der Waals surface area contributed by atoms with Crippen molar-refractivity contribution in [3.63, 3.8) is 0 Å². The zero-order valence-corrected chi connectivity index (χ0v) is 22.2. The minimum absolute atomic E-state index is 0.116. The Balaban J connectivity index is 1.62. The summed E-state index contributed by atoms with van der Waals surface area (Å²) in [5, 5.41) is 14.1. The summed E-state index contributed by atoms with van der Waals surface area (Å²) in [6.07, 6.45) is 4.77. The molecule has 1 aliphatic carbocycles. The zero-order valence-electron chi connectivity index (χ0n) is 20.7. The van der Waals surface area contributed by atoms with Gasteiger partial charge in [-0.2, -0.15) is 0 Å². The van der Waals surface area contributed by atoms with Crippen LogP contribution in [-0.4, -0.2) is 28.0 Å². The Hall–Kier alpha value is -2.89. The SMILES string of the molecule is C[C@@]1(CC(=O)O)C[C@H](c2cccc(Cl)c2)[C@H](C[C@](c2ccc(Cl)cc2)(c2ccccn2)C2CC2)NC1=O. The van der Waals surface area contributed by atoms with Crippen molar-refractivity contribution in [1.29, 1.82) is 0 Å². The number of rotatable bonds is 8. The van der Waals surface area contributed by atoms with Gasteiger partial charge in [-0.25, -0.2) is 0 Å². The summed E-state index contributed by atoms with van der Waals surface area (Å²) in [5.74, 6) is -0.953. The van der Waals surface area contributed by atoms with Crippen LogP contribution in [0.3, 0.4) is 0 Å². The lowest BCUT2D eigenvalue weighted by Gasteiger charge is -2.46. The molecule has 5 nitrogen and oxygen atoms in total. The molecule has 2 aromatic carbocycles. The van der Waals surface area contributed by atoms with Crippen LogP contribution in [-0.2, 0) is 15.0 Å². The number of carbonyl (C=O) groups is 2. The Kier molecular flexibility index (Phi) is 7.03. The minimum atomic E-state index is -1.02. The Labute approximate surface area is 227 Å². The number of amides is 1. The quantitative estimate of drug-likeness (QED) is 0.338. The molecule has 0 bridgehead atoms. The van der Waals surface area contributed by atoms with Gasteiger partial charge in [0.05, 0.1) is 17.5 Å². The van der Waals surface area contributed by atoms with Gasteiger partial charge in [-0.3, -0.25) is 14.6 Å². The number of hydrogen-bond donors (Lipinski definition) is 2. The van der Waals surface area contributed by atoms with Gasteiger partial charge in [0.1, 0.15) is 0 Å². The fourth-order valence-electron chi connectivity index (χ4n) is 6.21. The van der Waals surface area contributed by atoms with Gasteiger partial charge in [0.2, 0.25) is 5.91 Å². The second-order valence-electron chi connectivity index (χ2n) is 10.7. The van der Waals surface area contributed by atoms with E-state index in [1.54, 1.807) is 6.92 Å². The molecule has 2 aliphatic rings. The summed E-state index contributed by atoms with van der Waals surface area (Å²) in [7, 11) is 0. The molecule has 5 rings (SSSR count). The van der Waals surface area contributed by atoms with E-state index in [1.807, 2.05) is 54.7 Å². The summed E-state index contributed by atoms with van der Waals surface area (Å²) in [4.78, 5) is 30.0. The van der Waals surface area contributed by atoms with E-state index >= 15 is 0 Å². The van der Waals surface area contributed by atoms with E-state index in [-0.39, 0.29) is 24.3 Å². The molecule has 1 aliphatic heterocycles. The molecule has 4 atom stereocenters. The maximum absolute atomic E-state index is 13.5. The van der Waals surface area contributed by atoms with Gasteiger partial charge in [-0.15, -0.1) is 0 Å². The van der Waals surface area contributed by atoms with E-state index in [4.69, 9.17) is 28.2 Å². The van der Waals surface area contributed by atoms with Gasteiger partial charge in [0.15, 0.2) is 0 Å². The summed E-state index contributed by atoms with van der Waals surface area (Å²) < 4.78 is 0. The van der Waals surface area contributed by atoms with Gasteiger partial charge in [-0.05, 0) is 79.1 Å². The van der Waals surface area contributed by atoms with Crippen LogP contribution < -0.4 is 5.32 Å². The molecule has 0 spiro atoms. The van der Waals surface area contributed by atoms with Gasteiger partial charge in [0.25, 0.3) is 0 Å². The molecule has 192 valence electrons. The van der Waals surface area contributed by atoms with Gasteiger partial charge >= 0.3 is 5.97 Å². The third-order valence-corrected chi connectivity index (χ3v) is 8.62. The van der Waals surface area contributed by atoms with E-state index < -0.39 is 16.8 Å². The molecule has 1 aromatic heterocycles. The average Bonchev–Trinajstić information content (AvgIpc) is 3.71. The van der Waals surface area contributed by atoms with Crippen molar-refractivity contribution in [2.75, 3.05) is 0 Å². The van der Waals surface area contributed by atoms with Crippen LogP contribution in [0, 0.1) is 11.3 Å². The molecule has 37 heavy (non-hydrogen) atoms. The second kappa shape index (κ2) is 10.1. The van der Waals surface area contributed by atoms with E-state index in [0.717, 1.165) is 29.7 Å². The van der Waals surface area contributed by atoms with E-state index in [0.29, 0.717) is 28.8 Å². The van der Waals surface area contributed by atoms with Crippen molar-refractivity contribution in [2.45, 2.75) is 56.4 Å². The predicted molar refractivity (Wildman–Crippen MR) is 145 cm³/mol. The number of pyridine rings is 1. The van der Waals surface area contributed by atoms with Crippen LogP contribution >= 0.6 is 23.2 Å². The first-order chi connectivity index (χ1) is 17.7. The van der Waals surface area contributed by atoms with Crippen molar-refractivity contribution in [3.8, 4) is 0 Å². The summed E-state index contributed by atoms with van der Waals surface area (Å²) in [6, 6.07) is 21.4. The van der Waals surface area contributed by atoms with Crippen LogP contribution in [0.5, 0.6) is 0 Å². The fraction of sp³-hybridized carbons (Fsp3) is 0.367. The lowest BCUT2D eigenvalue weighted by atomic mass is 9.63. The Bertz CT molecular complexity index is 1300. The van der Waals surface area contributed by atoms with Crippen molar-refractivity contribution < 1.29 is 14.7 Å². The maximum atomic E-state index is 13.5. The monoisotopic (exact) mass is 536 g/mol. The van der Waals surface area contributed by atoms with Crippen LogP contribution in [0.15, 0.2) is 72.9 Å². The van der Waals surface area contributed by atoms with Gasteiger partial charge < -0.3 is 10.4 Å². The highest BCUT2D eigenvalue weighted by Crippen LogP contribution is 2.55. The number of carbonyl (C=O) groups excluding carboxylic acids is 1. The largest absolute Gasteiger partial charge is 0.481 e. The molecule has 0 unspecified atom stereocenters. The Morgan fingerprint density at radius 2 is 1.84 bits per heavy atom. The smallest absolute Gasteiger partial charge is 0.304 e. The highest BCUT2D eigenvalue weighted by Gasteiger charge is 2.53. The number of nitrogens with one attached hydrogen (secondary N) is 1. The highest BCUT2D eigenvalue weighted by molar-refractivity contribution is 6.30. The molecule has 2 N–H and O–H groups in total. The molecule has 1 saturated heterocycles. The molecule has 2 heterocycles. The van der Waals surface area contributed by atoms with Crippen LogP contribution in [0.1, 0.15) is 61.8 Å². The molecule has 2 fully saturated rings. The molecule has 1 amide bonds. The number of carboxylic acid groups (broad SMARTS) is 1. The van der Waals surface area contributed by atoms with Crippen LogP contribution in [0.2, 0.25) is 10.0 Å². The lowest BCUT2D eigenvalue weighted by Crippen LogP contribution is -2.56. The maximum Gasteiger partial charge on any atom is 0.304 e.